The highest BCUT2D eigenvalue weighted by atomic mass is 35.5. The van der Waals surface area contributed by atoms with Gasteiger partial charge in [-0.25, -0.2) is 0 Å². The Morgan fingerprint density at radius 3 is 2.57 bits per heavy atom. The minimum atomic E-state index is -3.43. The second-order valence-corrected chi connectivity index (χ2v) is 5.03. The van der Waals surface area contributed by atoms with E-state index in [-0.39, 0.29) is 0 Å². The van der Waals surface area contributed by atoms with E-state index in [2.05, 4.69) is 0 Å². The van der Waals surface area contributed by atoms with E-state index in [9.17, 15) is 8.42 Å². The van der Waals surface area contributed by atoms with E-state index in [1.54, 1.807) is 31.2 Å². The van der Waals surface area contributed by atoms with Crippen LogP contribution in [0.2, 0.25) is 5.02 Å². The number of hydrogen-bond acceptors (Lipinski definition) is 3. The first-order valence-corrected chi connectivity index (χ1v) is 6.21. The van der Waals surface area contributed by atoms with Crippen LogP contribution in [0.3, 0.4) is 0 Å². The Morgan fingerprint density at radius 2 is 2.07 bits per heavy atom. The summed E-state index contributed by atoms with van der Waals surface area (Å²) in [5.41, 5.74) is 0.739. The van der Waals surface area contributed by atoms with Crippen LogP contribution < -0.4 is 0 Å². The van der Waals surface area contributed by atoms with Crippen LogP contribution in [0.15, 0.2) is 24.3 Å². The van der Waals surface area contributed by atoms with Crippen molar-refractivity contribution in [3.63, 3.8) is 0 Å². The molecule has 0 saturated heterocycles. The van der Waals surface area contributed by atoms with Gasteiger partial charge < -0.3 is 0 Å². The molecular formula is C9H11ClO3S. The average Bonchev–Trinajstić information content (AvgIpc) is 2.01. The van der Waals surface area contributed by atoms with Gasteiger partial charge in [0.1, 0.15) is 0 Å². The second-order valence-electron chi connectivity index (χ2n) is 3.00. The standard InChI is InChI=1S/C9H11ClO3S/c1-7(13-14(2,11)12)8-4-3-5-9(10)6-8/h3-7H,1-2H3/t7-/m1/s1. The maximum Gasteiger partial charge on any atom is 0.264 e. The molecule has 0 aliphatic heterocycles. The molecule has 1 rings (SSSR count). The summed E-state index contributed by atoms with van der Waals surface area (Å²) >= 11 is 5.76. The van der Waals surface area contributed by atoms with Crippen molar-refractivity contribution in [1.29, 1.82) is 0 Å². The molecule has 0 amide bonds. The molecule has 0 aromatic heterocycles. The van der Waals surface area contributed by atoms with Crippen LogP contribution in [0.5, 0.6) is 0 Å². The van der Waals surface area contributed by atoms with Gasteiger partial charge in [0.2, 0.25) is 0 Å². The first-order chi connectivity index (χ1) is 6.38. The molecule has 0 N–H and O–H groups in total. The lowest BCUT2D eigenvalue weighted by Gasteiger charge is -2.11. The molecule has 0 saturated carbocycles. The lowest BCUT2D eigenvalue weighted by atomic mass is 10.1. The first-order valence-electron chi connectivity index (χ1n) is 4.02. The summed E-state index contributed by atoms with van der Waals surface area (Å²) in [6, 6.07) is 6.91. The van der Waals surface area contributed by atoms with Crippen LogP contribution in [-0.4, -0.2) is 14.7 Å². The lowest BCUT2D eigenvalue weighted by molar-refractivity contribution is 0.237. The summed E-state index contributed by atoms with van der Waals surface area (Å²) in [4.78, 5) is 0. The summed E-state index contributed by atoms with van der Waals surface area (Å²) in [6.45, 7) is 1.66. The van der Waals surface area contributed by atoms with E-state index < -0.39 is 16.2 Å². The number of benzene rings is 1. The molecule has 0 unspecified atom stereocenters. The summed E-state index contributed by atoms with van der Waals surface area (Å²) in [6.07, 6.45) is 0.511. The van der Waals surface area contributed by atoms with Crippen molar-refractivity contribution < 1.29 is 12.6 Å². The van der Waals surface area contributed by atoms with Gasteiger partial charge in [0, 0.05) is 5.02 Å². The van der Waals surface area contributed by atoms with Crippen LogP contribution >= 0.6 is 11.6 Å². The summed E-state index contributed by atoms with van der Waals surface area (Å²) in [7, 11) is -3.43. The molecule has 0 bridgehead atoms. The maximum absolute atomic E-state index is 10.8. The van der Waals surface area contributed by atoms with E-state index in [0.29, 0.717) is 5.02 Å². The van der Waals surface area contributed by atoms with E-state index in [1.807, 2.05) is 0 Å². The molecule has 0 radical (unpaired) electrons. The zero-order chi connectivity index (χ0) is 10.8. The Bertz CT molecular complexity index is 414. The highest BCUT2D eigenvalue weighted by molar-refractivity contribution is 7.86. The third-order valence-electron chi connectivity index (χ3n) is 1.64. The molecule has 0 aliphatic rings. The highest BCUT2D eigenvalue weighted by Crippen LogP contribution is 2.21. The van der Waals surface area contributed by atoms with Crippen molar-refractivity contribution in [3.05, 3.63) is 34.9 Å². The third-order valence-corrected chi connectivity index (χ3v) is 2.51. The van der Waals surface area contributed by atoms with Gasteiger partial charge in [-0.15, -0.1) is 0 Å². The molecule has 5 heteroatoms. The zero-order valence-corrected chi connectivity index (χ0v) is 9.47. The molecule has 78 valence electrons. The molecule has 0 heterocycles. The summed E-state index contributed by atoms with van der Waals surface area (Å²) in [5.74, 6) is 0. The molecule has 0 spiro atoms. The van der Waals surface area contributed by atoms with Gasteiger partial charge in [-0.2, -0.15) is 8.42 Å². The quantitative estimate of drug-likeness (QED) is 0.755. The van der Waals surface area contributed by atoms with Crippen LogP contribution in [0, 0.1) is 0 Å². The van der Waals surface area contributed by atoms with Crippen molar-refractivity contribution in [2.24, 2.45) is 0 Å². The van der Waals surface area contributed by atoms with Gasteiger partial charge in [-0.3, -0.25) is 4.18 Å². The minimum absolute atomic E-state index is 0.510. The number of rotatable bonds is 3. The Labute approximate surface area is 88.8 Å². The summed E-state index contributed by atoms with van der Waals surface area (Å²) < 4.78 is 26.5. The molecular weight excluding hydrogens is 224 g/mol. The average molecular weight is 235 g/mol. The van der Waals surface area contributed by atoms with Crippen molar-refractivity contribution in [2.75, 3.05) is 6.26 Å². The van der Waals surface area contributed by atoms with E-state index >= 15 is 0 Å². The van der Waals surface area contributed by atoms with Crippen molar-refractivity contribution >= 4 is 21.7 Å². The van der Waals surface area contributed by atoms with Gasteiger partial charge in [0.25, 0.3) is 10.1 Å². The minimum Gasteiger partial charge on any atom is -0.262 e. The predicted molar refractivity (Wildman–Crippen MR) is 55.8 cm³/mol. The van der Waals surface area contributed by atoms with E-state index in [4.69, 9.17) is 15.8 Å². The Morgan fingerprint density at radius 1 is 1.43 bits per heavy atom. The van der Waals surface area contributed by atoms with E-state index in [0.717, 1.165) is 11.8 Å². The Kier molecular flexibility index (Phi) is 3.53. The van der Waals surface area contributed by atoms with Crippen molar-refractivity contribution in [1.82, 2.24) is 0 Å². The lowest BCUT2D eigenvalue weighted by Crippen LogP contribution is -2.07. The molecule has 1 aromatic rings. The fourth-order valence-electron chi connectivity index (χ4n) is 1.08. The SMILES string of the molecule is C[C@@H](OS(C)(=O)=O)c1cccc(Cl)c1. The van der Waals surface area contributed by atoms with Gasteiger partial charge in [0.05, 0.1) is 12.4 Å². The number of hydrogen-bond donors (Lipinski definition) is 0. The third kappa shape index (κ3) is 3.65. The fourth-order valence-corrected chi connectivity index (χ4v) is 1.91. The second kappa shape index (κ2) is 4.29. The fraction of sp³-hybridized carbons (Fsp3) is 0.333. The topological polar surface area (TPSA) is 43.4 Å². The van der Waals surface area contributed by atoms with Crippen LogP contribution in [0.4, 0.5) is 0 Å². The van der Waals surface area contributed by atoms with Crippen LogP contribution in [-0.2, 0) is 14.3 Å². The maximum atomic E-state index is 10.8. The largest absolute Gasteiger partial charge is 0.264 e. The van der Waals surface area contributed by atoms with E-state index in [1.165, 1.54) is 0 Å². The first kappa shape index (κ1) is 11.5. The Hall–Kier alpha value is -0.580. The van der Waals surface area contributed by atoms with Crippen molar-refractivity contribution in [2.45, 2.75) is 13.0 Å². The predicted octanol–water partition coefficient (Wildman–Crippen LogP) is 2.38. The van der Waals surface area contributed by atoms with Gasteiger partial charge in [0.15, 0.2) is 0 Å². The molecule has 3 nitrogen and oxygen atoms in total. The van der Waals surface area contributed by atoms with Crippen LogP contribution in [0.1, 0.15) is 18.6 Å². The van der Waals surface area contributed by atoms with Gasteiger partial charge >= 0.3 is 0 Å². The molecule has 14 heavy (non-hydrogen) atoms. The molecule has 1 aromatic carbocycles. The monoisotopic (exact) mass is 234 g/mol. The normalized spacial score (nSPS) is 13.9. The highest BCUT2D eigenvalue weighted by Gasteiger charge is 2.12. The summed E-state index contributed by atoms with van der Waals surface area (Å²) in [5, 5.41) is 0.562. The smallest absolute Gasteiger partial charge is 0.262 e. The zero-order valence-electron chi connectivity index (χ0n) is 7.90. The van der Waals surface area contributed by atoms with Crippen LogP contribution in [0.25, 0.3) is 0 Å². The number of halogens is 1. The molecule has 1 atom stereocenters. The Balaban J connectivity index is 2.85. The van der Waals surface area contributed by atoms with Gasteiger partial charge in [-0.05, 0) is 24.6 Å². The van der Waals surface area contributed by atoms with Crippen molar-refractivity contribution in [3.8, 4) is 0 Å². The van der Waals surface area contributed by atoms with Gasteiger partial charge in [-0.1, -0.05) is 23.7 Å². The molecule has 0 fully saturated rings. The molecule has 0 aliphatic carbocycles.